The lowest BCUT2D eigenvalue weighted by Gasteiger charge is -2.45. The number of carbonyl (C=O) groups excluding carboxylic acids is 3. The van der Waals surface area contributed by atoms with E-state index in [-0.39, 0.29) is 37.0 Å². The van der Waals surface area contributed by atoms with Crippen LogP contribution < -0.4 is 0 Å². The number of aliphatic hydroxyl groups is 1. The Kier molecular flexibility index (Phi) is 8.35. The van der Waals surface area contributed by atoms with Gasteiger partial charge in [0.1, 0.15) is 17.6 Å². The lowest BCUT2D eigenvalue weighted by atomic mass is 9.66. The van der Waals surface area contributed by atoms with Crippen molar-refractivity contribution in [2.45, 2.75) is 96.4 Å². The molecule has 3 aliphatic heterocycles. The Labute approximate surface area is 222 Å². The van der Waals surface area contributed by atoms with Gasteiger partial charge in [0, 0.05) is 18.6 Å². The lowest BCUT2D eigenvalue weighted by Crippen LogP contribution is -2.61. The number of β-amino-alcohol motifs (C(OH)–C–C–N with tert-alkyl or cyclic N) is 1. The summed E-state index contributed by atoms with van der Waals surface area (Å²) in [5, 5.41) is 9.85. The van der Waals surface area contributed by atoms with Crippen LogP contribution in [0.3, 0.4) is 0 Å². The first-order chi connectivity index (χ1) is 17.2. The molecule has 8 heteroatoms. The summed E-state index contributed by atoms with van der Waals surface area (Å²) in [7, 11) is 0. The topological polar surface area (TPSA) is 96.4 Å². The zero-order chi connectivity index (χ0) is 27.8. The van der Waals surface area contributed by atoms with Gasteiger partial charge >= 0.3 is 5.97 Å². The molecule has 1 spiro atoms. The van der Waals surface area contributed by atoms with Crippen molar-refractivity contribution in [1.82, 2.24) is 9.80 Å². The zero-order valence-corrected chi connectivity index (χ0v) is 23.5. The van der Waals surface area contributed by atoms with Crippen molar-refractivity contribution in [2.75, 3.05) is 26.3 Å². The van der Waals surface area contributed by atoms with E-state index in [1.54, 1.807) is 17.1 Å². The van der Waals surface area contributed by atoms with Crippen molar-refractivity contribution in [2.24, 2.45) is 17.3 Å². The molecular weight excluding hydrogens is 472 g/mol. The number of fused-ring (bicyclic) bond motifs is 1. The number of amides is 2. The van der Waals surface area contributed by atoms with Crippen LogP contribution in [-0.2, 0) is 23.9 Å². The molecule has 37 heavy (non-hydrogen) atoms. The first-order valence-corrected chi connectivity index (χ1v) is 13.5. The van der Waals surface area contributed by atoms with Crippen molar-refractivity contribution in [3.05, 3.63) is 25.3 Å². The normalized spacial score (nSPS) is 30.8. The van der Waals surface area contributed by atoms with Crippen LogP contribution in [0.1, 0.15) is 73.6 Å². The molecule has 2 bridgehead atoms. The highest BCUT2D eigenvalue weighted by Crippen LogP contribution is 2.63. The van der Waals surface area contributed by atoms with E-state index in [2.05, 4.69) is 33.9 Å². The number of esters is 1. The number of hydrogen-bond donors (Lipinski definition) is 1. The highest BCUT2D eigenvalue weighted by molar-refractivity contribution is 5.98. The molecule has 2 unspecified atom stereocenters. The minimum Gasteiger partial charge on any atom is -0.465 e. The Morgan fingerprint density at radius 2 is 1.89 bits per heavy atom. The quantitative estimate of drug-likeness (QED) is 0.241. The number of unbranched alkanes of at least 4 members (excludes halogenated alkanes) is 1. The fourth-order valence-corrected chi connectivity index (χ4v) is 7.21. The minimum absolute atomic E-state index is 0.00368. The van der Waals surface area contributed by atoms with Gasteiger partial charge in [0.25, 0.3) is 0 Å². The minimum atomic E-state index is -1.14. The predicted octanol–water partition coefficient (Wildman–Crippen LogP) is 3.48. The molecule has 0 aromatic heterocycles. The largest absolute Gasteiger partial charge is 0.465 e. The van der Waals surface area contributed by atoms with Crippen molar-refractivity contribution >= 4 is 17.8 Å². The third kappa shape index (κ3) is 5.24. The van der Waals surface area contributed by atoms with E-state index in [0.717, 1.165) is 12.8 Å². The number of allylic oxidation sites excluding steroid dienone is 1. The SMILES string of the molecule is C=CCCCOC(=O)[C@H]1[C@H]2C(=O)N(CCO)C(C(=O)N(CC=C)C(C)(C)CC(C)(C)C)C23CC[C@]1(C)O3. The van der Waals surface area contributed by atoms with Crippen molar-refractivity contribution < 1.29 is 29.0 Å². The van der Waals surface area contributed by atoms with Crippen LogP contribution in [0.2, 0.25) is 0 Å². The smallest absolute Gasteiger partial charge is 0.312 e. The first kappa shape index (κ1) is 29.4. The van der Waals surface area contributed by atoms with E-state index in [1.165, 1.54) is 4.90 Å². The zero-order valence-electron chi connectivity index (χ0n) is 23.5. The summed E-state index contributed by atoms with van der Waals surface area (Å²) in [5.74, 6) is -2.64. The second kappa shape index (κ2) is 10.5. The molecule has 1 N–H and O–H groups in total. The van der Waals surface area contributed by atoms with Gasteiger partial charge in [-0.3, -0.25) is 14.4 Å². The van der Waals surface area contributed by atoms with Crippen LogP contribution in [0, 0.1) is 17.3 Å². The summed E-state index contributed by atoms with van der Waals surface area (Å²) in [5.41, 5.74) is -2.60. The van der Waals surface area contributed by atoms with Gasteiger partial charge in [-0.05, 0) is 58.3 Å². The van der Waals surface area contributed by atoms with E-state index in [1.807, 2.05) is 20.8 Å². The maximum Gasteiger partial charge on any atom is 0.312 e. The average Bonchev–Trinajstić information content (AvgIpc) is 3.34. The van der Waals surface area contributed by atoms with E-state index >= 15 is 0 Å². The molecule has 8 nitrogen and oxygen atoms in total. The summed E-state index contributed by atoms with van der Waals surface area (Å²) >= 11 is 0. The van der Waals surface area contributed by atoms with E-state index < -0.39 is 40.6 Å². The van der Waals surface area contributed by atoms with Crippen molar-refractivity contribution in [3.8, 4) is 0 Å². The Balaban J connectivity index is 2.01. The van der Waals surface area contributed by atoms with E-state index in [4.69, 9.17) is 9.47 Å². The Morgan fingerprint density at radius 3 is 2.46 bits per heavy atom. The molecule has 0 saturated carbocycles. The third-order valence-corrected chi connectivity index (χ3v) is 8.17. The molecule has 3 rings (SSSR count). The number of hydrogen-bond acceptors (Lipinski definition) is 6. The molecular formula is C29H46N2O6. The third-order valence-electron chi connectivity index (χ3n) is 8.17. The first-order valence-electron chi connectivity index (χ1n) is 13.5. The monoisotopic (exact) mass is 518 g/mol. The van der Waals surface area contributed by atoms with E-state index in [9.17, 15) is 19.5 Å². The molecule has 3 aliphatic rings. The average molecular weight is 519 g/mol. The van der Waals surface area contributed by atoms with Gasteiger partial charge in [0.05, 0.1) is 24.7 Å². The summed E-state index contributed by atoms with van der Waals surface area (Å²) < 4.78 is 12.2. The van der Waals surface area contributed by atoms with Crippen LogP contribution in [0.5, 0.6) is 0 Å². The maximum atomic E-state index is 14.4. The molecule has 208 valence electrons. The summed E-state index contributed by atoms with van der Waals surface area (Å²) in [6.07, 6.45) is 6.61. The molecule has 0 radical (unpaired) electrons. The number of rotatable bonds is 12. The molecule has 3 saturated heterocycles. The number of likely N-dealkylation sites (tertiary alicyclic amines) is 1. The fraction of sp³-hybridized carbons (Fsp3) is 0.759. The van der Waals surface area contributed by atoms with Gasteiger partial charge in [0.15, 0.2) is 0 Å². The summed E-state index contributed by atoms with van der Waals surface area (Å²) in [6.45, 7) is 20.1. The van der Waals surface area contributed by atoms with E-state index in [0.29, 0.717) is 25.8 Å². The maximum absolute atomic E-state index is 14.4. The molecule has 0 aromatic rings. The number of carbonyl (C=O) groups is 3. The molecule has 0 aromatic carbocycles. The van der Waals surface area contributed by atoms with Gasteiger partial charge in [-0.15, -0.1) is 13.2 Å². The molecule has 3 heterocycles. The van der Waals surface area contributed by atoms with Crippen molar-refractivity contribution in [3.63, 3.8) is 0 Å². The highest BCUT2D eigenvalue weighted by Gasteiger charge is 2.78. The molecule has 3 fully saturated rings. The van der Waals surface area contributed by atoms with Gasteiger partial charge < -0.3 is 24.4 Å². The van der Waals surface area contributed by atoms with Crippen LogP contribution in [-0.4, -0.2) is 81.8 Å². The lowest BCUT2D eigenvalue weighted by molar-refractivity contribution is -0.161. The van der Waals surface area contributed by atoms with Crippen molar-refractivity contribution in [1.29, 1.82) is 0 Å². The fourth-order valence-electron chi connectivity index (χ4n) is 7.21. The Morgan fingerprint density at radius 1 is 1.22 bits per heavy atom. The van der Waals surface area contributed by atoms with Gasteiger partial charge in [-0.1, -0.05) is 32.9 Å². The molecule has 2 amide bonds. The van der Waals surface area contributed by atoms with Crippen LogP contribution >= 0.6 is 0 Å². The standard InChI is InChI=1S/C29H46N2O6/c1-9-11-12-18-36-25(35)21-20-23(33)30(16-17-32)22(29(20)14-13-28(21,8)37-29)24(34)31(15-10-2)27(6,7)19-26(3,4)5/h9-10,20-22,32H,1-2,11-19H2,3-8H3/t20-,21+,22?,28-,29?/m0/s1. The summed E-state index contributed by atoms with van der Waals surface area (Å²) in [6, 6.07) is -0.934. The Hall–Kier alpha value is -2.19. The van der Waals surface area contributed by atoms with Crippen LogP contribution in [0.25, 0.3) is 0 Å². The van der Waals surface area contributed by atoms with Gasteiger partial charge in [-0.2, -0.15) is 0 Å². The number of ether oxygens (including phenoxy) is 2. The van der Waals surface area contributed by atoms with Gasteiger partial charge in [-0.25, -0.2) is 0 Å². The number of nitrogens with zero attached hydrogens (tertiary/aromatic N) is 2. The van der Waals surface area contributed by atoms with Gasteiger partial charge in [0.2, 0.25) is 11.8 Å². The summed E-state index contributed by atoms with van der Waals surface area (Å²) in [4.78, 5) is 44.9. The Bertz CT molecular complexity index is 924. The number of aliphatic hydroxyl groups excluding tert-OH is 1. The second-order valence-electron chi connectivity index (χ2n) is 12.9. The molecule has 0 aliphatic carbocycles. The second-order valence-corrected chi connectivity index (χ2v) is 12.9. The highest BCUT2D eigenvalue weighted by atomic mass is 16.6. The predicted molar refractivity (Wildman–Crippen MR) is 141 cm³/mol. The van der Waals surface area contributed by atoms with Crippen LogP contribution in [0.4, 0.5) is 0 Å². The molecule has 5 atom stereocenters. The van der Waals surface area contributed by atoms with Crippen LogP contribution in [0.15, 0.2) is 25.3 Å².